The fourth-order valence-corrected chi connectivity index (χ4v) is 1.57. The van der Waals surface area contributed by atoms with Crippen molar-refractivity contribution in [3.05, 3.63) is 17.6 Å². The summed E-state index contributed by atoms with van der Waals surface area (Å²) in [6, 6.07) is 1.34. The molecule has 1 aromatic heterocycles. The van der Waals surface area contributed by atoms with Crippen molar-refractivity contribution in [2.75, 3.05) is 5.32 Å². The van der Waals surface area contributed by atoms with Crippen LogP contribution in [-0.4, -0.2) is 15.5 Å². The maximum atomic E-state index is 12.7. The van der Waals surface area contributed by atoms with Crippen LogP contribution in [0.4, 0.5) is 14.6 Å². The Bertz CT molecular complexity index is 388. The molecule has 17 heavy (non-hydrogen) atoms. The highest BCUT2D eigenvalue weighted by Crippen LogP contribution is 2.39. The smallest absolute Gasteiger partial charge is 0.280 e. The van der Waals surface area contributed by atoms with Gasteiger partial charge in [0.05, 0.1) is 0 Å². The van der Waals surface area contributed by atoms with Crippen LogP contribution in [0.2, 0.25) is 0 Å². The van der Waals surface area contributed by atoms with Crippen molar-refractivity contribution in [1.82, 2.24) is 9.97 Å². The second-order valence-corrected chi connectivity index (χ2v) is 5.49. The molecule has 0 radical (unpaired) electrons. The lowest BCUT2D eigenvalue weighted by Gasteiger charge is -2.22. The van der Waals surface area contributed by atoms with Gasteiger partial charge in [0.2, 0.25) is 0 Å². The molecule has 3 nitrogen and oxygen atoms in total. The molecule has 94 valence electrons. The summed E-state index contributed by atoms with van der Waals surface area (Å²) in [6.45, 7) is 5.90. The summed E-state index contributed by atoms with van der Waals surface area (Å²) in [7, 11) is 0. The molecule has 1 heterocycles. The highest BCUT2D eigenvalue weighted by Gasteiger charge is 2.28. The number of hydrogen-bond acceptors (Lipinski definition) is 3. The van der Waals surface area contributed by atoms with Crippen LogP contribution < -0.4 is 5.32 Å². The van der Waals surface area contributed by atoms with E-state index in [-0.39, 0.29) is 17.2 Å². The third-order valence-corrected chi connectivity index (χ3v) is 2.43. The summed E-state index contributed by atoms with van der Waals surface area (Å²) in [5.41, 5.74) is -0.386. The van der Waals surface area contributed by atoms with Gasteiger partial charge in [-0.15, -0.1) is 0 Å². The number of nitrogens with one attached hydrogen (secondary N) is 1. The molecule has 0 spiro atoms. The number of aromatic nitrogens is 2. The number of hydrogen-bond donors (Lipinski definition) is 1. The van der Waals surface area contributed by atoms with Gasteiger partial charge in [0.1, 0.15) is 17.3 Å². The summed E-state index contributed by atoms with van der Waals surface area (Å²) in [5.74, 6) is 1.31. The number of nitrogens with zero attached hydrogens (tertiary/aromatic N) is 2. The summed E-state index contributed by atoms with van der Waals surface area (Å²) in [6.07, 6.45) is -0.542. The molecule has 1 fully saturated rings. The van der Waals surface area contributed by atoms with Crippen LogP contribution in [0.1, 0.15) is 57.5 Å². The molecular weight excluding hydrogens is 224 g/mol. The Balaban J connectivity index is 2.30. The quantitative estimate of drug-likeness (QED) is 0.880. The number of rotatable bonds is 3. The van der Waals surface area contributed by atoms with E-state index in [1.807, 2.05) is 20.8 Å². The summed E-state index contributed by atoms with van der Waals surface area (Å²) in [4.78, 5) is 8.23. The fraction of sp³-hybridized carbons (Fsp3) is 0.667. The first kappa shape index (κ1) is 12.2. The largest absolute Gasteiger partial charge is 0.365 e. The minimum atomic E-state index is -2.55. The van der Waals surface area contributed by atoms with Crippen LogP contribution in [0, 0.1) is 0 Å². The molecule has 0 unspecified atom stereocenters. The number of halogens is 2. The molecule has 1 aliphatic rings. The zero-order valence-electron chi connectivity index (χ0n) is 10.3. The zero-order chi connectivity index (χ0) is 12.6. The predicted octanol–water partition coefficient (Wildman–Crippen LogP) is 3.50. The molecule has 0 atom stereocenters. The molecule has 1 aromatic rings. The molecule has 0 amide bonds. The van der Waals surface area contributed by atoms with Crippen LogP contribution >= 0.6 is 0 Å². The van der Waals surface area contributed by atoms with Crippen LogP contribution in [0.25, 0.3) is 0 Å². The van der Waals surface area contributed by atoms with E-state index in [0.29, 0.717) is 11.6 Å². The Labute approximate surface area is 99.7 Å². The van der Waals surface area contributed by atoms with Crippen LogP contribution in [0.5, 0.6) is 0 Å². The Morgan fingerprint density at radius 2 is 1.94 bits per heavy atom. The average molecular weight is 241 g/mol. The predicted molar refractivity (Wildman–Crippen MR) is 62.3 cm³/mol. The molecule has 0 bridgehead atoms. The van der Waals surface area contributed by atoms with E-state index in [9.17, 15) is 8.78 Å². The molecule has 5 heteroatoms. The Morgan fingerprint density at radius 3 is 2.41 bits per heavy atom. The lowest BCUT2D eigenvalue weighted by atomic mass is 10.1. The van der Waals surface area contributed by atoms with Crippen molar-refractivity contribution >= 4 is 5.82 Å². The highest BCUT2D eigenvalue weighted by atomic mass is 19.3. The van der Waals surface area contributed by atoms with E-state index in [2.05, 4.69) is 15.3 Å². The van der Waals surface area contributed by atoms with E-state index in [1.54, 1.807) is 0 Å². The van der Waals surface area contributed by atoms with Gasteiger partial charge in [0.15, 0.2) is 0 Å². The number of alkyl halides is 2. The van der Waals surface area contributed by atoms with Crippen LogP contribution in [0.3, 0.4) is 0 Å². The minimum absolute atomic E-state index is 0.186. The lowest BCUT2D eigenvalue weighted by Crippen LogP contribution is -2.27. The molecule has 0 aromatic carbocycles. The third-order valence-electron chi connectivity index (χ3n) is 2.43. The molecule has 1 N–H and O–H groups in total. The first-order valence-corrected chi connectivity index (χ1v) is 5.80. The maximum absolute atomic E-state index is 12.7. The lowest BCUT2D eigenvalue weighted by molar-refractivity contribution is 0.145. The zero-order valence-corrected chi connectivity index (χ0v) is 10.3. The Morgan fingerprint density at radius 1 is 1.29 bits per heavy atom. The molecule has 0 saturated heterocycles. The first-order valence-electron chi connectivity index (χ1n) is 5.80. The van der Waals surface area contributed by atoms with E-state index in [1.165, 1.54) is 6.07 Å². The fourth-order valence-electron chi connectivity index (χ4n) is 1.57. The molecule has 1 saturated carbocycles. The van der Waals surface area contributed by atoms with Gasteiger partial charge in [-0.1, -0.05) is 0 Å². The highest BCUT2D eigenvalue weighted by molar-refractivity contribution is 5.39. The molecule has 1 aliphatic carbocycles. The van der Waals surface area contributed by atoms with Crippen LogP contribution in [0.15, 0.2) is 6.07 Å². The monoisotopic (exact) mass is 241 g/mol. The van der Waals surface area contributed by atoms with E-state index >= 15 is 0 Å². The normalized spacial score (nSPS) is 16.4. The van der Waals surface area contributed by atoms with Gasteiger partial charge in [0, 0.05) is 17.5 Å². The van der Waals surface area contributed by atoms with Gasteiger partial charge >= 0.3 is 0 Å². The van der Waals surface area contributed by atoms with Crippen molar-refractivity contribution < 1.29 is 8.78 Å². The van der Waals surface area contributed by atoms with E-state index in [0.717, 1.165) is 12.8 Å². The van der Waals surface area contributed by atoms with Gasteiger partial charge in [0.25, 0.3) is 6.43 Å². The van der Waals surface area contributed by atoms with Gasteiger partial charge in [-0.2, -0.15) is 0 Å². The summed E-state index contributed by atoms with van der Waals surface area (Å²) >= 11 is 0. The first-order chi connectivity index (χ1) is 7.85. The van der Waals surface area contributed by atoms with Crippen molar-refractivity contribution in [3.63, 3.8) is 0 Å². The van der Waals surface area contributed by atoms with Crippen molar-refractivity contribution in [1.29, 1.82) is 0 Å². The average Bonchev–Trinajstić information content (AvgIpc) is 2.97. The van der Waals surface area contributed by atoms with Gasteiger partial charge in [-0.25, -0.2) is 18.7 Å². The Kier molecular flexibility index (Phi) is 3.02. The third kappa shape index (κ3) is 3.35. The van der Waals surface area contributed by atoms with Crippen LogP contribution in [-0.2, 0) is 0 Å². The topological polar surface area (TPSA) is 37.8 Å². The van der Waals surface area contributed by atoms with Gasteiger partial charge < -0.3 is 5.32 Å². The van der Waals surface area contributed by atoms with Crippen molar-refractivity contribution in [2.45, 2.75) is 51.5 Å². The van der Waals surface area contributed by atoms with Crippen molar-refractivity contribution in [3.8, 4) is 0 Å². The molecular formula is C12H17F2N3. The number of anilines is 1. The second-order valence-electron chi connectivity index (χ2n) is 5.49. The maximum Gasteiger partial charge on any atom is 0.280 e. The van der Waals surface area contributed by atoms with Gasteiger partial charge in [-0.3, -0.25) is 0 Å². The summed E-state index contributed by atoms with van der Waals surface area (Å²) < 4.78 is 25.5. The Hall–Kier alpha value is -1.26. The molecule has 0 aliphatic heterocycles. The SMILES string of the molecule is CC(C)(C)Nc1cc(C(F)F)nc(C2CC2)n1. The van der Waals surface area contributed by atoms with Gasteiger partial charge in [-0.05, 0) is 33.6 Å². The standard InChI is InChI=1S/C12H17F2N3/c1-12(2,3)17-9-6-8(10(13)14)15-11(16-9)7-4-5-7/h6-7,10H,4-5H2,1-3H3,(H,15,16,17). The molecule has 2 rings (SSSR count). The van der Waals surface area contributed by atoms with E-state index in [4.69, 9.17) is 0 Å². The van der Waals surface area contributed by atoms with E-state index < -0.39 is 6.43 Å². The van der Waals surface area contributed by atoms with Crippen molar-refractivity contribution in [2.24, 2.45) is 0 Å². The minimum Gasteiger partial charge on any atom is -0.365 e. The summed E-state index contributed by atoms with van der Waals surface area (Å²) in [5, 5.41) is 3.12. The second kappa shape index (κ2) is 4.20.